The zero-order valence-electron chi connectivity index (χ0n) is 13.4. The molecule has 1 aromatic carbocycles. The van der Waals surface area contributed by atoms with Gasteiger partial charge in [-0.3, -0.25) is 0 Å². The average molecular weight is 290 g/mol. The van der Waals surface area contributed by atoms with Crippen molar-refractivity contribution in [3.05, 3.63) is 29.8 Å². The van der Waals surface area contributed by atoms with E-state index in [1.807, 2.05) is 0 Å². The summed E-state index contributed by atoms with van der Waals surface area (Å²) in [5, 5.41) is 0. The molecule has 1 heterocycles. The topological polar surface area (TPSA) is 52.6 Å². The molecule has 2 rings (SSSR count). The van der Waals surface area contributed by atoms with E-state index in [-0.39, 0.29) is 24.5 Å². The molecular weight excluding hydrogens is 267 g/mol. The van der Waals surface area contributed by atoms with Crippen molar-refractivity contribution in [2.75, 3.05) is 0 Å². The Bertz CT molecular complexity index is 489. The van der Waals surface area contributed by atoms with Crippen LogP contribution in [0.1, 0.15) is 46.6 Å². The third-order valence-electron chi connectivity index (χ3n) is 4.02. The summed E-state index contributed by atoms with van der Waals surface area (Å²) in [7, 11) is -0.244. The van der Waals surface area contributed by atoms with Crippen LogP contribution in [0.3, 0.4) is 0 Å². The summed E-state index contributed by atoms with van der Waals surface area (Å²) in [6.07, 6.45) is 2.51. The van der Waals surface area contributed by atoms with Crippen molar-refractivity contribution in [2.24, 2.45) is 0 Å². The lowest BCUT2D eigenvalue weighted by Crippen LogP contribution is -2.41. The highest BCUT2D eigenvalue weighted by Gasteiger charge is 2.51. The minimum Gasteiger partial charge on any atom is -0.399 e. The fourth-order valence-electron chi connectivity index (χ4n) is 2.16. The molecule has 1 saturated heterocycles. The van der Waals surface area contributed by atoms with Gasteiger partial charge in [-0.15, -0.1) is 0 Å². The van der Waals surface area contributed by atoms with Crippen molar-refractivity contribution >= 4 is 18.7 Å². The Balaban J connectivity index is 0.000000677. The predicted molar refractivity (Wildman–Crippen MR) is 81.2 cm³/mol. The maximum absolute atomic E-state index is 8.12. The third-order valence-corrected chi connectivity index (χ3v) is 4.02. The Kier molecular flexibility index (Phi) is 5.91. The van der Waals surface area contributed by atoms with E-state index in [9.17, 15) is 0 Å². The molecule has 21 heavy (non-hydrogen) atoms. The van der Waals surface area contributed by atoms with Gasteiger partial charge in [-0.2, -0.15) is 9.59 Å². The zero-order valence-corrected chi connectivity index (χ0v) is 13.4. The monoisotopic (exact) mass is 290 g/mol. The van der Waals surface area contributed by atoms with Gasteiger partial charge in [0, 0.05) is 0 Å². The molecule has 0 atom stereocenters. The summed E-state index contributed by atoms with van der Waals surface area (Å²) in [5.41, 5.74) is 1.95. The maximum Gasteiger partial charge on any atom is 0.494 e. The first-order valence-corrected chi connectivity index (χ1v) is 7.21. The Hall–Kier alpha value is -1.42. The molecule has 1 fully saturated rings. The third kappa shape index (κ3) is 4.27. The van der Waals surface area contributed by atoms with Crippen molar-refractivity contribution in [2.45, 2.75) is 58.7 Å². The minimum atomic E-state index is -0.265. The van der Waals surface area contributed by atoms with Gasteiger partial charge in [0.25, 0.3) is 0 Å². The van der Waals surface area contributed by atoms with E-state index in [1.54, 1.807) is 0 Å². The van der Waals surface area contributed by atoms with Crippen molar-refractivity contribution in [1.29, 1.82) is 0 Å². The second-order valence-electron chi connectivity index (χ2n) is 6.17. The molecule has 1 aliphatic heterocycles. The number of hydrogen-bond acceptors (Lipinski definition) is 4. The molecule has 0 amide bonds. The summed E-state index contributed by atoms with van der Waals surface area (Å²) in [4.78, 5) is 16.2. The summed E-state index contributed by atoms with van der Waals surface area (Å²) in [5.74, 6) is 0. The van der Waals surface area contributed by atoms with Gasteiger partial charge in [0.1, 0.15) is 0 Å². The number of aryl methyl sites for hydroxylation is 1. The van der Waals surface area contributed by atoms with Crippen LogP contribution in [-0.4, -0.2) is 24.5 Å². The summed E-state index contributed by atoms with van der Waals surface area (Å²) in [6.45, 7) is 10.5. The van der Waals surface area contributed by atoms with Crippen LogP contribution < -0.4 is 5.46 Å². The van der Waals surface area contributed by atoms with Crippen molar-refractivity contribution in [3.63, 3.8) is 0 Å². The van der Waals surface area contributed by atoms with Gasteiger partial charge in [-0.1, -0.05) is 37.6 Å². The van der Waals surface area contributed by atoms with E-state index in [4.69, 9.17) is 18.9 Å². The van der Waals surface area contributed by atoms with E-state index < -0.39 is 0 Å². The Morgan fingerprint density at radius 1 is 1.10 bits per heavy atom. The molecule has 1 aromatic rings. The first-order valence-electron chi connectivity index (χ1n) is 7.21. The SMILES string of the molecule is CCCc1cccc(B2OC(C)(C)C(C)(C)O2)c1.O=C=O. The molecule has 0 N–H and O–H groups in total. The number of carbonyl (C=O) groups excluding carboxylic acids is 2. The van der Waals surface area contributed by atoms with Crippen molar-refractivity contribution in [1.82, 2.24) is 0 Å². The molecule has 1 aliphatic rings. The second kappa shape index (κ2) is 7.03. The highest BCUT2D eigenvalue weighted by Crippen LogP contribution is 2.36. The molecule has 4 nitrogen and oxygen atoms in total. The van der Waals surface area contributed by atoms with Gasteiger partial charge in [0.15, 0.2) is 0 Å². The lowest BCUT2D eigenvalue weighted by atomic mass is 9.78. The fraction of sp³-hybridized carbons (Fsp3) is 0.562. The van der Waals surface area contributed by atoms with E-state index in [0.29, 0.717) is 0 Å². The van der Waals surface area contributed by atoms with Crippen LogP contribution in [0.15, 0.2) is 24.3 Å². The molecule has 0 aromatic heterocycles. The number of benzene rings is 1. The quantitative estimate of drug-likeness (QED) is 0.802. The Labute approximate surface area is 127 Å². The van der Waals surface area contributed by atoms with Crippen molar-refractivity contribution in [3.8, 4) is 0 Å². The molecule has 0 spiro atoms. The van der Waals surface area contributed by atoms with Crippen LogP contribution in [0.25, 0.3) is 0 Å². The van der Waals surface area contributed by atoms with Gasteiger partial charge in [-0.25, -0.2) is 0 Å². The summed E-state index contributed by atoms with van der Waals surface area (Å²) < 4.78 is 12.1. The minimum absolute atomic E-state index is 0.244. The van der Waals surface area contributed by atoms with E-state index in [0.717, 1.165) is 18.3 Å². The lowest BCUT2D eigenvalue weighted by molar-refractivity contribution is -0.191. The van der Waals surface area contributed by atoms with E-state index in [1.165, 1.54) is 5.56 Å². The molecule has 0 aliphatic carbocycles. The van der Waals surface area contributed by atoms with Crippen LogP contribution in [0.5, 0.6) is 0 Å². The summed E-state index contributed by atoms with van der Waals surface area (Å²) >= 11 is 0. The number of hydrogen-bond donors (Lipinski definition) is 0. The standard InChI is InChI=1S/C15H23BO2.CO2/c1-6-8-12-9-7-10-13(11-12)16-17-14(2,3)15(4,5)18-16;2-1-3/h7,9-11H,6,8H2,1-5H3;. The highest BCUT2D eigenvalue weighted by molar-refractivity contribution is 6.62. The molecule has 114 valence electrons. The number of rotatable bonds is 3. The normalized spacial score (nSPS) is 18.6. The molecule has 0 unspecified atom stereocenters. The smallest absolute Gasteiger partial charge is 0.399 e. The average Bonchev–Trinajstić information content (AvgIpc) is 2.60. The zero-order chi connectivity index (χ0) is 16.1. The van der Waals surface area contributed by atoms with Crippen LogP contribution in [0, 0.1) is 0 Å². The second-order valence-corrected chi connectivity index (χ2v) is 6.17. The van der Waals surface area contributed by atoms with Gasteiger partial charge in [0.2, 0.25) is 0 Å². The molecule has 0 saturated carbocycles. The molecule has 0 bridgehead atoms. The Morgan fingerprint density at radius 3 is 2.10 bits per heavy atom. The molecule has 0 radical (unpaired) electrons. The fourth-order valence-corrected chi connectivity index (χ4v) is 2.16. The largest absolute Gasteiger partial charge is 0.494 e. The highest BCUT2D eigenvalue weighted by atomic mass is 16.7. The van der Waals surface area contributed by atoms with Gasteiger partial charge in [0.05, 0.1) is 11.2 Å². The van der Waals surface area contributed by atoms with Crippen LogP contribution in [0.2, 0.25) is 0 Å². The first-order chi connectivity index (χ1) is 9.77. The first kappa shape index (κ1) is 17.6. The molecular formula is C16H23BO4. The predicted octanol–water partition coefficient (Wildman–Crippen LogP) is 2.35. The van der Waals surface area contributed by atoms with Gasteiger partial charge < -0.3 is 9.31 Å². The van der Waals surface area contributed by atoms with E-state index in [2.05, 4.69) is 58.9 Å². The van der Waals surface area contributed by atoms with Crippen molar-refractivity contribution < 1.29 is 18.9 Å². The van der Waals surface area contributed by atoms with Gasteiger partial charge >= 0.3 is 13.3 Å². The summed E-state index contributed by atoms with van der Waals surface area (Å²) in [6, 6.07) is 8.54. The maximum atomic E-state index is 8.12. The van der Waals surface area contributed by atoms with Crippen LogP contribution in [-0.2, 0) is 25.3 Å². The van der Waals surface area contributed by atoms with Gasteiger partial charge in [-0.05, 0) is 45.1 Å². The molecule has 5 heteroatoms. The van der Waals surface area contributed by atoms with Crippen LogP contribution in [0.4, 0.5) is 0 Å². The lowest BCUT2D eigenvalue weighted by Gasteiger charge is -2.32. The van der Waals surface area contributed by atoms with E-state index >= 15 is 0 Å². The Morgan fingerprint density at radius 2 is 1.62 bits per heavy atom. The van der Waals surface area contributed by atoms with Crippen LogP contribution >= 0.6 is 0 Å².